The maximum Gasteiger partial charge on any atom is 0.101 e. The molecule has 0 radical (unpaired) electrons. The van der Waals surface area contributed by atoms with Crippen molar-refractivity contribution in [2.24, 2.45) is 0 Å². The van der Waals surface area contributed by atoms with Crippen LogP contribution in [0.3, 0.4) is 0 Å². The number of rotatable bonds is 18. The third kappa shape index (κ3) is 17.9. The topological polar surface area (TPSA) is 38.7 Å². The van der Waals surface area contributed by atoms with E-state index in [0.717, 1.165) is 13.0 Å². The fourth-order valence-corrected chi connectivity index (χ4v) is 2.57. The molecule has 0 aliphatic rings. The molecule has 0 saturated heterocycles. The van der Waals surface area contributed by atoms with Crippen LogP contribution in [0.4, 0.5) is 0 Å². The summed E-state index contributed by atoms with van der Waals surface area (Å²) in [5.74, 6) is 0. The molecule has 0 aromatic rings. The van der Waals surface area contributed by atoms with Crippen molar-refractivity contribution in [1.29, 1.82) is 0 Å². The Bertz CT molecular complexity index is 197. The molecular weight excluding hydrogens is 276 g/mol. The Morgan fingerprint density at radius 1 is 0.636 bits per heavy atom. The van der Waals surface area contributed by atoms with Crippen LogP contribution in [0.1, 0.15) is 90.9 Å². The van der Waals surface area contributed by atoms with Crippen LogP contribution in [-0.2, 0) is 9.47 Å². The standard InChI is InChI=1S/C19H40O3/c1-3-5-6-7-8-9-10-11-12-13-14-15-16-22-18-19(20)17-21-4-2/h19-20H,3-18H2,1-2H3. The smallest absolute Gasteiger partial charge is 0.101 e. The minimum absolute atomic E-state index is 0.384. The lowest BCUT2D eigenvalue weighted by atomic mass is 10.1. The number of ether oxygens (including phenoxy) is 2. The maximum atomic E-state index is 9.52. The fourth-order valence-electron chi connectivity index (χ4n) is 2.57. The van der Waals surface area contributed by atoms with Crippen LogP contribution in [0.2, 0.25) is 0 Å². The number of unbranched alkanes of at least 4 members (excludes halogenated alkanes) is 11. The van der Waals surface area contributed by atoms with Crippen molar-refractivity contribution in [2.75, 3.05) is 26.4 Å². The first kappa shape index (κ1) is 21.9. The molecular formula is C19H40O3. The number of hydrogen-bond acceptors (Lipinski definition) is 3. The van der Waals surface area contributed by atoms with Crippen molar-refractivity contribution in [3.63, 3.8) is 0 Å². The Balaban J connectivity index is 3.02. The van der Waals surface area contributed by atoms with E-state index in [1.165, 1.54) is 70.6 Å². The van der Waals surface area contributed by atoms with E-state index in [0.29, 0.717) is 19.8 Å². The maximum absolute atomic E-state index is 9.52. The van der Waals surface area contributed by atoms with E-state index >= 15 is 0 Å². The van der Waals surface area contributed by atoms with Gasteiger partial charge in [0, 0.05) is 13.2 Å². The van der Waals surface area contributed by atoms with Gasteiger partial charge in [-0.3, -0.25) is 0 Å². The molecule has 0 aromatic heterocycles. The second-order valence-electron chi connectivity index (χ2n) is 6.28. The lowest BCUT2D eigenvalue weighted by Crippen LogP contribution is -2.21. The summed E-state index contributed by atoms with van der Waals surface area (Å²) >= 11 is 0. The highest BCUT2D eigenvalue weighted by molar-refractivity contribution is 4.52. The molecule has 1 unspecified atom stereocenters. The van der Waals surface area contributed by atoms with Crippen molar-refractivity contribution < 1.29 is 14.6 Å². The van der Waals surface area contributed by atoms with Crippen molar-refractivity contribution in [2.45, 2.75) is 97.0 Å². The van der Waals surface area contributed by atoms with Gasteiger partial charge in [-0.15, -0.1) is 0 Å². The van der Waals surface area contributed by atoms with Gasteiger partial charge in [0.05, 0.1) is 13.2 Å². The van der Waals surface area contributed by atoms with Gasteiger partial charge in [-0.05, 0) is 13.3 Å². The number of aliphatic hydroxyl groups is 1. The summed E-state index contributed by atoms with van der Waals surface area (Å²) in [5.41, 5.74) is 0. The van der Waals surface area contributed by atoms with Crippen LogP contribution in [0.5, 0.6) is 0 Å². The second-order valence-corrected chi connectivity index (χ2v) is 6.28. The van der Waals surface area contributed by atoms with Gasteiger partial charge in [-0.2, -0.15) is 0 Å². The van der Waals surface area contributed by atoms with Crippen molar-refractivity contribution in [3.05, 3.63) is 0 Å². The lowest BCUT2D eigenvalue weighted by Gasteiger charge is -2.10. The third-order valence-electron chi connectivity index (χ3n) is 3.97. The zero-order chi connectivity index (χ0) is 16.3. The van der Waals surface area contributed by atoms with E-state index in [1.54, 1.807) is 0 Å². The predicted molar refractivity (Wildman–Crippen MR) is 94.4 cm³/mol. The molecule has 22 heavy (non-hydrogen) atoms. The van der Waals surface area contributed by atoms with E-state index in [9.17, 15) is 5.11 Å². The molecule has 1 atom stereocenters. The highest BCUT2D eigenvalue weighted by Crippen LogP contribution is 2.11. The number of hydrogen-bond donors (Lipinski definition) is 1. The first-order valence-corrected chi connectivity index (χ1v) is 9.64. The number of aliphatic hydroxyl groups excluding tert-OH is 1. The summed E-state index contributed by atoms with van der Waals surface area (Å²) in [6.45, 7) is 6.40. The monoisotopic (exact) mass is 316 g/mol. The van der Waals surface area contributed by atoms with Crippen molar-refractivity contribution >= 4 is 0 Å². The molecule has 0 spiro atoms. The van der Waals surface area contributed by atoms with Crippen molar-refractivity contribution in [3.8, 4) is 0 Å². The van der Waals surface area contributed by atoms with Gasteiger partial charge >= 0.3 is 0 Å². The first-order valence-electron chi connectivity index (χ1n) is 9.64. The van der Waals surface area contributed by atoms with Crippen LogP contribution in [0.15, 0.2) is 0 Å². The van der Waals surface area contributed by atoms with Gasteiger partial charge in [-0.25, -0.2) is 0 Å². The molecule has 0 aliphatic carbocycles. The van der Waals surface area contributed by atoms with E-state index in [-0.39, 0.29) is 0 Å². The van der Waals surface area contributed by atoms with Gasteiger partial charge < -0.3 is 14.6 Å². The molecule has 3 heteroatoms. The van der Waals surface area contributed by atoms with Crippen LogP contribution < -0.4 is 0 Å². The third-order valence-corrected chi connectivity index (χ3v) is 3.97. The molecule has 0 amide bonds. The van der Waals surface area contributed by atoms with E-state index < -0.39 is 6.10 Å². The normalized spacial score (nSPS) is 12.7. The predicted octanol–water partition coefficient (Wildman–Crippen LogP) is 5.10. The SMILES string of the molecule is CCCCCCCCCCCCCCOCC(O)COCC. The summed E-state index contributed by atoms with van der Waals surface area (Å²) in [4.78, 5) is 0. The summed E-state index contributed by atoms with van der Waals surface area (Å²) in [5, 5.41) is 9.52. The summed E-state index contributed by atoms with van der Waals surface area (Å²) in [6.07, 6.45) is 15.8. The largest absolute Gasteiger partial charge is 0.388 e. The zero-order valence-electron chi connectivity index (χ0n) is 15.2. The minimum Gasteiger partial charge on any atom is -0.388 e. The summed E-state index contributed by atoms with van der Waals surface area (Å²) in [6, 6.07) is 0. The zero-order valence-corrected chi connectivity index (χ0v) is 15.2. The Morgan fingerprint density at radius 3 is 1.59 bits per heavy atom. The van der Waals surface area contributed by atoms with E-state index in [2.05, 4.69) is 6.92 Å². The molecule has 0 heterocycles. The summed E-state index contributed by atoms with van der Waals surface area (Å²) < 4.78 is 10.6. The Labute approximate surface area is 138 Å². The highest BCUT2D eigenvalue weighted by atomic mass is 16.5. The quantitative estimate of drug-likeness (QED) is 0.357. The average molecular weight is 317 g/mol. The molecule has 0 aliphatic heterocycles. The molecule has 3 nitrogen and oxygen atoms in total. The molecule has 0 rings (SSSR count). The van der Waals surface area contributed by atoms with Crippen molar-refractivity contribution in [1.82, 2.24) is 0 Å². The van der Waals surface area contributed by atoms with Crippen LogP contribution in [0, 0.1) is 0 Å². The molecule has 1 N–H and O–H groups in total. The first-order chi connectivity index (χ1) is 10.8. The highest BCUT2D eigenvalue weighted by Gasteiger charge is 2.03. The van der Waals surface area contributed by atoms with Gasteiger partial charge in [0.15, 0.2) is 0 Å². The Morgan fingerprint density at radius 2 is 1.09 bits per heavy atom. The lowest BCUT2D eigenvalue weighted by molar-refractivity contribution is -0.0167. The minimum atomic E-state index is -0.475. The summed E-state index contributed by atoms with van der Waals surface area (Å²) in [7, 11) is 0. The average Bonchev–Trinajstić information content (AvgIpc) is 2.53. The van der Waals surface area contributed by atoms with Gasteiger partial charge in [0.2, 0.25) is 0 Å². The van der Waals surface area contributed by atoms with Gasteiger partial charge in [0.1, 0.15) is 6.10 Å². The Kier molecular flexibility index (Phi) is 18.8. The van der Waals surface area contributed by atoms with Crippen LogP contribution in [-0.4, -0.2) is 37.6 Å². The van der Waals surface area contributed by atoms with E-state index in [4.69, 9.17) is 9.47 Å². The molecule has 0 bridgehead atoms. The van der Waals surface area contributed by atoms with Crippen LogP contribution in [0.25, 0.3) is 0 Å². The molecule has 0 saturated carbocycles. The second kappa shape index (κ2) is 18.9. The Hall–Kier alpha value is -0.120. The molecule has 0 aromatic carbocycles. The van der Waals surface area contributed by atoms with E-state index in [1.807, 2.05) is 6.92 Å². The molecule has 134 valence electrons. The van der Waals surface area contributed by atoms with Gasteiger partial charge in [0.25, 0.3) is 0 Å². The van der Waals surface area contributed by atoms with Gasteiger partial charge in [-0.1, -0.05) is 77.6 Å². The molecule has 0 fully saturated rings. The fraction of sp³-hybridized carbons (Fsp3) is 1.00. The van der Waals surface area contributed by atoms with Crippen LogP contribution >= 0.6 is 0 Å².